The molecule has 0 aromatic carbocycles. The predicted molar refractivity (Wildman–Crippen MR) is 157 cm³/mol. The van der Waals surface area contributed by atoms with Crippen LogP contribution in [0.1, 0.15) is 81.6 Å². The zero-order valence-corrected chi connectivity index (χ0v) is 27.2. The van der Waals surface area contributed by atoms with E-state index in [-0.39, 0.29) is 41.8 Å². The van der Waals surface area contributed by atoms with Gasteiger partial charge in [0.25, 0.3) is 0 Å². The first-order valence-corrected chi connectivity index (χ1v) is 14.9. The van der Waals surface area contributed by atoms with Gasteiger partial charge >= 0.3 is 11.9 Å². The number of methoxy groups -OCH3 is 1. The van der Waals surface area contributed by atoms with Gasteiger partial charge in [0.15, 0.2) is 18.2 Å². The molecule has 234 valence electrons. The van der Waals surface area contributed by atoms with Crippen molar-refractivity contribution in [3.05, 3.63) is 23.3 Å². The van der Waals surface area contributed by atoms with E-state index in [9.17, 15) is 14.4 Å². The Kier molecular flexibility index (Phi) is 12.8. The molecule has 9 nitrogen and oxygen atoms in total. The number of carbonyl (C=O) groups is 3. The highest BCUT2D eigenvalue weighted by atomic mass is 16.7. The van der Waals surface area contributed by atoms with Crippen LogP contribution < -0.4 is 0 Å². The largest absolute Gasteiger partial charge is 0.458 e. The first-order valence-electron chi connectivity index (χ1n) is 14.9. The number of ether oxygens (including phenoxy) is 5. The first-order chi connectivity index (χ1) is 19.0. The van der Waals surface area contributed by atoms with Crippen molar-refractivity contribution >= 4 is 17.7 Å². The lowest BCUT2D eigenvalue weighted by Crippen LogP contribution is -2.59. The molecule has 1 fully saturated rings. The summed E-state index contributed by atoms with van der Waals surface area (Å²) in [7, 11) is 5.47. The van der Waals surface area contributed by atoms with Crippen LogP contribution >= 0.6 is 0 Å². The molecular weight excluding hydrogens is 526 g/mol. The molecule has 0 bridgehead atoms. The monoisotopic (exact) mass is 579 g/mol. The van der Waals surface area contributed by atoms with Crippen LogP contribution in [0.2, 0.25) is 0 Å². The second kappa shape index (κ2) is 14.9. The molecule has 0 aliphatic carbocycles. The highest BCUT2D eigenvalue weighted by Gasteiger charge is 2.48. The molecule has 2 rings (SSSR count). The molecule has 0 aromatic heterocycles. The first kappa shape index (κ1) is 35.1. The zero-order chi connectivity index (χ0) is 31.2. The molecule has 10 atom stereocenters. The molecule has 9 heteroatoms. The average Bonchev–Trinajstić information content (AvgIpc) is 2.89. The summed E-state index contributed by atoms with van der Waals surface area (Å²) in [5.41, 5.74) is 0.119. The number of hydrogen-bond donors (Lipinski definition) is 0. The number of carbonyl (C=O) groups excluding carboxylic acids is 3. The van der Waals surface area contributed by atoms with Gasteiger partial charge in [-0.25, -0.2) is 4.79 Å². The van der Waals surface area contributed by atoms with E-state index in [0.717, 1.165) is 0 Å². The lowest BCUT2D eigenvalue weighted by atomic mass is 9.79. The summed E-state index contributed by atoms with van der Waals surface area (Å²) < 4.78 is 30.8. The molecule has 0 amide bonds. The Morgan fingerprint density at radius 1 is 1.07 bits per heavy atom. The van der Waals surface area contributed by atoms with Crippen LogP contribution in [-0.2, 0) is 38.1 Å². The molecule has 0 N–H and O–H groups in total. The summed E-state index contributed by atoms with van der Waals surface area (Å²) in [5, 5.41) is 0. The molecule has 0 spiro atoms. The lowest BCUT2D eigenvalue weighted by Gasteiger charge is -2.47. The second-order valence-electron chi connectivity index (χ2n) is 12.5. The number of Topliss-reactive ketones (excluding diaryl/α,β-unsaturated/α-hetero) is 1. The third-order valence-electron chi connectivity index (χ3n) is 8.52. The van der Waals surface area contributed by atoms with Crippen LogP contribution in [0.15, 0.2) is 23.3 Å². The number of esters is 2. The van der Waals surface area contributed by atoms with Crippen molar-refractivity contribution in [2.45, 2.75) is 124 Å². The average molecular weight is 580 g/mol. The number of ketones is 1. The van der Waals surface area contributed by atoms with Crippen molar-refractivity contribution in [1.82, 2.24) is 4.90 Å². The molecular formula is C32H53NO8. The minimum Gasteiger partial charge on any atom is -0.458 e. The number of rotatable bonds is 6. The normalized spacial score (nSPS) is 40.6. The number of likely N-dealkylation sites (N-methyl/N-ethyl adjacent to an activating group) is 1. The van der Waals surface area contributed by atoms with E-state index < -0.39 is 36.0 Å². The van der Waals surface area contributed by atoms with E-state index in [0.29, 0.717) is 30.4 Å². The molecule has 2 heterocycles. The minimum absolute atomic E-state index is 0.00416. The van der Waals surface area contributed by atoms with Crippen molar-refractivity contribution in [2.24, 2.45) is 17.8 Å². The van der Waals surface area contributed by atoms with Crippen molar-refractivity contribution in [3.8, 4) is 0 Å². The standard InChI is InChI=1S/C32H53NO8/c1-13-26-18(2)14-19(3)27(35)22(6)17-32(9,37-12)29(20(4)15-21(5)30(36)40-26)41-31-28(39-24(8)34)25(33(10)11)16-23(7)38-31/h14-15,18,20,22-23,25-26,28-29,31H,13,16-17H2,1-12H3/b19-14+,21-15-/t18-,20+,22-,23-,25+,26-,28-,29-,31+,32-/m1/s1. The van der Waals surface area contributed by atoms with Gasteiger partial charge in [0.1, 0.15) is 6.10 Å². The van der Waals surface area contributed by atoms with Crippen molar-refractivity contribution < 1.29 is 38.1 Å². The SMILES string of the molecule is CC[C@H]1OC(=O)/C(C)=C\[C@H](C)[C@@H](O[C@@H]2O[C@H](C)C[C@H](N(C)C)[C@H]2OC(C)=O)[C@](C)(OC)C[C@@H](C)C(=O)/C(C)=C/[C@H]1C. The summed E-state index contributed by atoms with van der Waals surface area (Å²) in [4.78, 5) is 40.8. The Morgan fingerprint density at radius 3 is 2.22 bits per heavy atom. The maximum atomic E-state index is 13.5. The maximum absolute atomic E-state index is 13.5. The molecule has 1 saturated heterocycles. The van der Waals surface area contributed by atoms with E-state index in [1.165, 1.54) is 6.92 Å². The number of nitrogens with zero attached hydrogens (tertiary/aromatic N) is 1. The summed E-state index contributed by atoms with van der Waals surface area (Å²) in [5.74, 6) is -1.69. The van der Waals surface area contributed by atoms with Crippen LogP contribution in [0.3, 0.4) is 0 Å². The third-order valence-corrected chi connectivity index (χ3v) is 8.52. The van der Waals surface area contributed by atoms with Gasteiger partial charge in [0, 0.05) is 37.4 Å². The van der Waals surface area contributed by atoms with Gasteiger partial charge in [0.2, 0.25) is 0 Å². The fraction of sp³-hybridized carbons (Fsp3) is 0.781. The highest BCUT2D eigenvalue weighted by Crippen LogP contribution is 2.37. The molecule has 41 heavy (non-hydrogen) atoms. The number of cyclic esters (lactones) is 1. The van der Waals surface area contributed by atoms with Crippen LogP contribution in [0.4, 0.5) is 0 Å². The molecule has 0 radical (unpaired) electrons. The van der Waals surface area contributed by atoms with Gasteiger partial charge in [-0.1, -0.05) is 39.8 Å². The van der Waals surface area contributed by atoms with E-state index >= 15 is 0 Å². The summed E-state index contributed by atoms with van der Waals surface area (Å²) in [6, 6.07) is -0.135. The van der Waals surface area contributed by atoms with E-state index in [1.54, 1.807) is 14.0 Å². The van der Waals surface area contributed by atoms with Crippen LogP contribution in [0, 0.1) is 17.8 Å². The third kappa shape index (κ3) is 8.96. The second-order valence-corrected chi connectivity index (χ2v) is 12.5. The lowest BCUT2D eigenvalue weighted by molar-refractivity contribution is -0.297. The molecule has 2 aliphatic heterocycles. The Bertz CT molecular complexity index is 990. The Balaban J connectivity index is 2.63. The summed E-state index contributed by atoms with van der Waals surface area (Å²) in [6.45, 7) is 16.6. The van der Waals surface area contributed by atoms with Crippen LogP contribution in [-0.4, -0.2) is 86.2 Å². The highest BCUT2D eigenvalue weighted by molar-refractivity contribution is 5.96. The van der Waals surface area contributed by atoms with Crippen molar-refractivity contribution in [1.29, 1.82) is 0 Å². The Hall–Kier alpha value is -2.07. The van der Waals surface area contributed by atoms with Crippen molar-refractivity contribution in [3.63, 3.8) is 0 Å². The van der Waals surface area contributed by atoms with E-state index in [1.807, 2.05) is 79.6 Å². The number of hydrogen-bond acceptors (Lipinski definition) is 9. The molecule has 2 aliphatic rings. The fourth-order valence-corrected chi connectivity index (χ4v) is 6.26. The molecule has 0 aromatic rings. The topological polar surface area (TPSA) is 101 Å². The van der Waals surface area contributed by atoms with Gasteiger partial charge in [-0.2, -0.15) is 0 Å². The van der Waals surface area contributed by atoms with Gasteiger partial charge in [-0.15, -0.1) is 0 Å². The quantitative estimate of drug-likeness (QED) is 0.408. The summed E-state index contributed by atoms with van der Waals surface area (Å²) in [6.07, 6.45) is 2.60. The molecule has 0 unspecified atom stereocenters. The number of allylic oxidation sites excluding steroid dienone is 1. The molecule has 0 saturated carbocycles. The van der Waals surface area contributed by atoms with Gasteiger partial charge in [-0.3, -0.25) is 9.59 Å². The summed E-state index contributed by atoms with van der Waals surface area (Å²) >= 11 is 0. The predicted octanol–water partition coefficient (Wildman–Crippen LogP) is 4.87. The van der Waals surface area contributed by atoms with Gasteiger partial charge in [0.05, 0.1) is 23.9 Å². The fourth-order valence-electron chi connectivity index (χ4n) is 6.26. The smallest absolute Gasteiger partial charge is 0.333 e. The van der Waals surface area contributed by atoms with E-state index in [2.05, 4.69) is 0 Å². The minimum atomic E-state index is -0.963. The van der Waals surface area contributed by atoms with E-state index in [4.69, 9.17) is 23.7 Å². The Morgan fingerprint density at radius 2 is 1.68 bits per heavy atom. The van der Waals surface area contributed by atoms with Crippen LogP contribution in [0.5, 0.6) is 0 Å². The Labute approximate surface area is 246 Å². The zero-order valence-electron chi connectivity index (χ0n) is 27.2. The van der Waals surface area contributed by atoms with Crippen molar-refractivity contribution in [2.75, 3.05) is 21.2 Å². The van der Waals surface area contributed by atoms with Gasteiger partial charge < -0.3 is 28.6 Å². The van der Waals surface area contributed by atoms with Gasteiger partial charge in [-0.05, 0) is 66.6 Å². The van der Waals surface area contributed by atoms with Crippen LogP contribution in [0.25, 0.3) is 0 Å². The maximum Gasteiger partial charge on any atom is 0.333 e.